The summed E-state index contributed by atoms with van der Waals surface area (Å²) in [6.45, 7) is 9.75. The smallest absolute Gasteiger partial charge is 0.235 e. The van der Waals surface area contributed by atoms with E-state index in [0.29, 0.717) is 6.04 Å². The van der Waals surface area contributed by atoms with Crippen LogP contribution >= 0.6 is 0 Å². The molecular formula is C9H17N2+. The molecule has 1 rings (SSSR count). The molecular weight excluding hydrogens is 136 g/mol. The SMILES string of the molecule is CCn1c[n+](C(C)C)cc1C. The zero-order valence-electron chi connectivity index (χ0n) is 7.83. The Balaban J connectivity index is 2.95. The van der Waals surface area contributed by atoms with Crippen LogP contribution in [0.2, 0.25) is 0 Å². The minimum Gasteiger partial charge on any atom is -0.235 e. The van der Waals surface area contributed by atoms with Gasteiger partial charge in [-0.3, -0.25) is 0 Å². The number of hydrogen-bond acceptors (Lipinski definition) is 0. The molecule has 0 saturated carbocycles. The second-order valence-electron chi connectivity index (χ2n) is 3.21. The highest BCUT2D eigenvalue weighted by Crippen LogP contribution is 1.98. The molecule has 0 radical (unpaired) electrons. The van der Waals surface area contributed by atoms with Gasteiger partial charge in [0, 0.05) is 6.92 Å². The van der Waals surface area contributed by atoms with Crippen molar-refractivity contribution >= 4 is 0 Å². The Kier molecular flexibility index (Phi) is 2.32. The van der Waals surface area contributed by atoms with Gasteiger partial charge in [0.25, 0.3) is 0 Å². The summed E-state index contributed by atoms with van der Waals surface area (Å²) >= 11 is 0. The van der Waals surface area contributed by atoms with Crippen LogP contribution in [0.5, 0.6) is 0 Å². The van der Waals surface area contributed by atoms with E-state index in [2.05, 4.69) is 49.4 Å². The fourth-order valence-electron chi connectivity index (χ4n) is 1.19. The Hall–Kier alpha value is -0.790. The maximum atomic E-state index is 2.25. The minimum absolute atomic E-state index is 0.571. The van der Waals surface area contributed by atoms with Crippen molar-refractivity contribution in [2.45, 2.75) is 40.3 Å². The van der Waals surface area contributed by atoms with Crippen molar-refractivity contribution in [1.29, 1.82) is 0 Å². The maximum absolute atomic E-state index is 2.25. The first-order chi connectivity index (χ1) is 5.15. The maximum Gasteiger partial charge on any atom is 0.244 e. The summed E-state index contributed by atoms with van der Waals surface area (Å²) in [5.74, 6) is 0. The lowest BCUT2D eigenvalue weighted by Gasteiger charge is -1.96. The predicted octanol–water partition coefficient (Wildman–Crippen LogP) is 1.68. The third-order valence-corrected chi connectivity index (χ3v) is 2.00. The van der Waals surface area contributed by atoms with Gasteiger partial charge < -0.3 is 0 Å². The summed E-state index contributed by atoms with van der Waals surface area (Å²) in [6, 6.07) is 0.571. The van der Waals surface area contributed by atoms with Gasteiger partial charge in [0.1, 0.15) is 11.9 Å². The molecule has 0 aliphatic carbocycles. The van der Waals surface area contributed by atoms with Crippen molar-refractivity contribution in [1.82, 2.24) is 4.57 Å². The quantitative estimate of drug-likeness (QED) is 0.572. The van der Waals surface area contributed by atoms with Crippen molar-refractivity contribution < 1.29 is 4.57 Å². The molecule has 0 aromatic carbocycles. The van der Waals surface area contributed by atoms with Gasteiger partial charge in [0.05, 0.1) is 12.6 Å². The molecule has 0 atom stereocenters. The predicted molar refractivity (Wildman–Crippen MR) is 45.4 cm³/mol. The third-order valence-electron chi connectivity index (χ3n) is 2.00. The number of nitrogens with zero attached hydrogens (tertiary/aromatic N) is 2. The zero-order valence-corrected chi connectivity index (χ0v) is 7.83. The molecule has 0 spiro atoms. The normalized spacial score (nSPS) is 11.0. The molecule has 0 N–H and O–H groups in total. The van der Waals surface area contributed by atoms with Gasteiger partial charge in [0.15, 0.2) is 0 Å². The molecule has 0 fully saturated rings. The van der Waals surface area contributed by atoms with Gasteiger partial charge >= 0.3 is 0 Å². The van der Waals surface area contributed by atoms with Crippen LogP contribution in [-0.4, -0.2) is 4.57 Å². The van der Waals surface area contributed by atoms with E-state index in [1.165, 1.54) is 5.69 Å². The molecule has 62 valence electrons. The second kappa shape index (κ2) is 3.07. The Bertz CT molecular complexity index is 236. The topological polar surface area (TPSA) is 8.81 Å². The van der Waals surface area contributed by atoms with Gasteiger partial charge in [-0.05, 0) is 20.8 Å². The molecule has 1 heterocycles. The summed E-state index contributed by atoms with van der Waals surface area (Å²) in [5, 5.41) is 0. The second-order valence-corrected chi connectivity index (χ2v) is 3.21. The van der Waals surface area contributed by atoms with Crippen molar-refractivity contribution in [3.63, 3.8) is 0 Å². The van der Waals surface area contributed by atoms with Gasteiger partial charge in [-0.15, -0.1) is 0 Å². The fraction of sp³-hybridized carbons (Fsp3) is 0.667. The first-order valence-electron chi connectivity index (χ1n) is 4.22. The lowest BCUT2D eigenvalue weighted by Crippen LogP contribution is -2.33. The van der Waals surface area contributed by atoms with Crippen molar-refractivity contribution in [3.05, 3.63) is 18.2 Å². The summed E-state index contributed by atoms with van der Waals surface area (Å²) in [6.07, 6.45) is 4.36. The number of aromatic nitrogens is 2. The standard InChI is InChI=1S/C9H17N2/c1-5-10-7-11(8(2)3)6-9(10)4/h6-8H,5H2,1-4H3/q+1. The number of rotatable bonds is 2. The monoisotopic (exact) mass is 153 g/mol. The average molecular weight is 153 g/mol. The number of hydrogen-bond donors (Lipinski definition) is 0. The van der Waals surface area contributed by atoms with Gasteiger partial charge in [-0.25, -0.2) is 9.13 Å². The third kappa shape index (κ3) is 1.62. The zero-order chi connectivity index (χ0) is 8.43. The average Bonchev–Trinajstić information content (AvgIpc) is 2.31. The van der Waals surface area contributed by atoms with Crippen LogP contribution in [0.4, 0.5) is 0 Å². The Morgan fingerprint density at radius 2 is 2.18 bits per heavy atom. The Morgan fingerprint density at radius 1 is 1.55 bits per heavy atom. The van der Waals surface area contributed by atoms with Crippen LogP contribution in [0.25, 0.3) is 0 Å². The van der Waals surface area contributed by atoms with E-state index in [4.69, 9.17) is 0 Å². The molecule has 0 unspecified atom stereocenters. The largest absolute Gasteiger partial charge is 0.244 e. The first kappa shape index (κ1) is 8.31. The lowest BCUT2D eigenvalue weighted by molar-refractivity contribution is -0.715. The van der Waals surface area contributed by atoms with Crippen molar-refractivity contribution in [2.24, 2.45) is 0 Å². The molecule has 1 aromatic rings. The van der Waals surface area contributed by atoms with E-state index >= 15 is 0 Å². The fourth-order valence-corrected chi connectivity index (χ4v) is 1.19. The Morgan fingerprint density at radius 3 is 2.45 bits per heavy atom. The first-order valence-corrected chi connectivity index (χ1v) is 4.22. The molecule has 0 saturated heterocycles. The van der Waals surface area contributed by atoms with E-state index in [1.54, 1.807) is 0 Å². The molecule has 2 nitrogen and oxygen atoms in total. The van der Waals surface area contributed by atoms with Crippen LogP contribution in [-0.2, 0) is 6.54 Å². The summed E-state index contributed by atoms with van der Waals surface area (Å²) in [4.78, 5) is 0. The molecule has 11 heavy (non-hydrogen) atoms. The van der Waals surface area contributed by atoms with Gasteiger partial charge in [-0.1, -0.05) is 0 Å². The van der Waals surface area contributed by atoms with Gasteiger partial charge in [-0.2, -0.15) is 0 Å². The molecule has 0 bridgehead atoms. The summed E-state index contributed by atoms with van der Waals surface area (Å²) in [5.41, 5.74) is 1.33. The van der Waals surface area contributed by atoms with E-state index in [1.807, 2.05) is 0 Å². The minimum atomic E-state index is 0.571. The van der Waals surface area contributed by atoms with Crippen LogP contribution in [0.3, 0.4) is 0 Å². The molecule has 1 aromatic heterocycles. The van der Waals surface area contributed by atoms with E-state index in [0.717, 1.165) is 6.54 Å². The van der Waals surface area contributed by atoms with Crippen molar-refractivity contribution in [2.75, 3.05) is 0 Å². The molecule has 0 aliphatic heterocycles. The van der Waals surface area contributed by atoms with E-state index < -0.39 is 0 Å². The molecule has 0 aliphatic rings. The summed E-state index contributed by atoms with van der Waals surface area (Å²) < 4.78 is 4.48. The van der Waals surface area contributed by atoms with Crippen LogP contribution in [0, 0.1) is 6.92 Å². The van der Waals surface area contributed by atoms with Crippen molar-refractivity contribution in [3.8, 4) is 0 Å². The highest BCUT2D eigenvalue weighted by atomic mass is 15.1. The number of aryl methyl sites for hydroxylation is 2. The highest BCUT2D eigenvalue weighted by molar-refractivity contribution is 4.88. The van der Waals surface area contributed by atoms with Crippen LogP contribution < -0.4 is 4.57 Å². The highest BCUT2D eigenvalue weighted by Gasteiger charge is 2.09. The van der Waals surface area contributed by atoms with Crippen LogP contribution in [0.15, 0.2) is 12.5 Å². The number of imidazole rings is 1. The van der Waals surface area contributed by atoms with Gasteiger partial charge in [0.2, 0.25) is 6.33 Å². The molecule has 0 amide bonds. The van der Waals surface area contributed by atoms with E-state index in [9.17, 15) is 0 Å². The lowest BCUT2D eigenvalue weighted by atomic mass is 10.4. The van der Waals surface area contributed by atoms with E-state index in [-0.39, 0.29) is 0 Å². The van der Waals surface area contributed by atoms with Crippen LogP contribution in [0.1, 0.15) is 32.5 Å². The molecule has 2 heteroatoms. The Labute approximate surface area is 68.5 Å². The summed E-state index contributed by atoms with van der Waals surface area (Å²) in [7, 11) is 0.